The van der Waals surface area contributed by atoms with Crippen molar-refractivity contribution >= 4 is 54.9 Å². The Bertz CT molecular complexity index is 1020. The number of ether oxygens (including phenoxy) is 1. The standard InChI is InChI=1S/C16H11ClN4OS/c1-22-12-5-4-9(17)7-11(12)21-15-14-13(19-8-20-15)10-3-2-6-18-16(10)23-14/h2-8H,1H3,(H,19,20,21). The number of thiophene rings is 1. The van der Waals surface area contributed by atoms with Crippen molar-refractivity contribution in [3.8, 4) is 5.75 Å². The van der Waals surface area contributed by atoms with Crippen LogP contribution in [0.1, 0.15) is 0 Å². The minimum absolute atomic E-state index is 0.622. The SMILES string of the molecule is COc1ccc(Cl)cc1Nc1ncnc2c1sc1ncccc12. The summed E-state index contributed by atoms with van der Waals surface area (Å²) >= 11 is 7.64. The molecule has 0 fully saturated rings. The molecule has 0 atom stereocenters. The highest BCUT2D eigenvalue weighted by atomic mass is 35.5. The van der Waals surface area contributed by atoms with E-state index in [0.29, 0.717) is 16.6 Å². The van der Waals surface area contributed by atoms with E-state index in [2.05, 4.69) is 20.3 Å². The van der Waals surface area contributed by atoms with Crippen LogP contribution in [0.15, 0.2) is 42.9 Å². The molecule has 114 valence electrons. The molecule has 3 aromatic heterocycles. The lowest BCUT2D eigenvalue weighted by atomic mass is 10.2. The molecule has 23 heavy (non-hydrogen) atoms. The zero-order valence-corrected chi connectivity index (χ0v) is 13.6. The van der Waals surface area contributed by atoms with E-state index < -0.39 is 0 Å². The van der Waals surface area contributed by atoms with Gasteiger partial charge in [0.05, 0.1) is 23.0 Å². The molecular weight excluding hydrogens is 332 g/mol. The molecule has 0 aliphatic heterocycles. The Morgan fingerprint density at radius 1 is 1.17 bits per heavy atom. The van der Waals surface area contributed by atoms with Crippen molar-refractivity contribution in [2.24, 2.45) is 0 Å². The van der Waals surface area contributed by atoms with E-state index in [4.69, 9.17) is 16.3 Å². The summed E-state index contributed by atoms with van der Waals surface area (Å²) in [5, 5.41) is 4.94. The van der Waals surface area contributed by atoms with Crippen molar-refractivity contribution in [1.82, 2.24) is 15.0 Å². The van der Waals surface area contributed by atoms with Crippen LogP contribution in [0, 0.1) is 0 Å². The Hall–Kier alpha value is -2.44. The minimum Gasteiger partial charge on any atom is -0.495 e. The smallest absolute Gasteiger partial charge is 0.152 e. The topological polar surface area (TPSA) is 59.9 Å². The van der Waals surface area contributed by atoms with Crippen LogP contribution >= 0.6 is 22.9 Å². The molecule has 7 heteroatoms. The highest BCUT2D eigenvalue weighted by Gasteiger charge is 2.13. The summed E-state index contributed by atoms with van der Waals surface area (Å²) in [7, 11) is 1.62. The van der Waals surface area contributed by atoms with Crippen LogP contribution in [0.2, 0.25) is 5.02 Å². The molecule has 0 bridgehead atoms. The first kappa shape index (κ1) is 14.2. The number of benzene rings is 1. The second kappa shape index (κ2) is 5.64. The highest BCUT2D eigenvalue weighted by molar-refractivity contribution is 7.25. The maximum absolute atomic E-state index is 6.09. The summed E-state index contributed by atoms with van der Waals surface area (Å²) < 4.78 is 6.32. The van der Waals surface area contributed by atoms with Gasteiger partial charge in [0, 0.05) is 16.6 Å². The lowest BCUT2D eigenvalue weighted by Crippen LogP contribution is -1.97. The van der Waals surface area contributed by atoms with Gasteiger partial charge in [0.2, 0.25) is 0 Å². The molecule has 5 nitrogen and oxygen atoms in total. The second-order valence-electron chi connectivity index (χ2n) is 4.83. The first-order valence-electron chi connectivity index (χ1n) is 6.85. The van der Waals surface area contributed by atoms with E-state index in [9.17, 15) is 0 Å². The molecule has 4 rings (SSSR count). The van der Waals surface area contributed by atoms with E-state index in [0.717, 1.165) is 26.1 Å². The maximum Gasteiger partial charge on any atom is 0.152 e. The zero-order valence-electron chi connectivity index (χ0n) is 12.1. The van der Waals surface area contributed by atoms with Crippen molar-refractivity contribution in [2.45, 2.75) is 0 Å². The summed E-state index contributed by atoms with van der Waals surface area (Å²) in [6.07, 6.45) is 3.32. The van der Waals surface area contributed by atoms with Crippen LogP contribution < -0.4 is 10.1 Å². The van der Waals surface area contributed by atoms with Gasteiger partial charge in [0.15, 0.2) is 5.82 Å². The number of methoxy groups -OCH3 is 1. The number of rotatable bonds is 3. The fourth-order valence-corrected chi connectivity index (χ4v) is 3.62. The van der Waals surface area contributed by atoms with E-state index in [-0.39, 0.29) is 0 Å². The van der Waals surface area contributed by atoms with Crippen LogP contribution in [0.5, 0.6) is 5.75 Å². The molecule has 0 aliphatic carbocycles. The van der Waals surface area contributed by atoms with Crippen molar-refractivity contribution in [1.29, 1.82) is 0 Å². The lowest BCUT2D eigenvalue weighted by Gasteiger charge is -2.11. The van der Waals surface area contributed by atoms with Crippen molar-refractivity contribution in [3.63, 3.8) is 0 Å². The number of aromatic nitrogens is 3. The average molecular weight is 343 g/mol. The molecule has 1 N–H and O–H groups in total. The highest BCUT2D eigenvalue weighted by Crippen LogP contribution is 2.37. The molecule has 0 saturated heterocycles. The molecule has 0 unspecified atom stereocenters. The van der Waals surface area contributed by atoms with Gasteiger partial charge in [0.1, 0.15) is 16.9 Å². The van der Waals surface area contributed by atoms with Crippen LogP contribution in [-0.2, 0) is 0 Å². The molecule has 0 spiro atoms. The first-order chi connectivity index (χ1) is 11.3. The summed E-state index contributed by atoms with van der Waals surface area (Å²) in [5.41, 5.74) is 1.64. The van der Waals surface area contributed by atoms with Gasteiger partial charge in [-0.15, -0.1) is 11.3 Å². The van der Waals surface area contributed by atoms with Gasteiger partial charge in [-0.05, 0) is 30.3 Å². The lowest BCUT2D eigenvalue weighted by molar-refractivity contribution is 0.417. The van der Waals surface area contributed by atoms with Gasteiger partial charge in [0.25, 0.3) is 0 Å². The second-order valence-corrected chi connectivity index (χ2v) is 6.26. The minimum atomic E-state index is 0.622. The molecule has 0 amide bonds. The number of hydrogen-bond acceptors (Lipinski definition) is 6. The number of hydrogen-bond donors (Lipinski definition) is 1. The summed E-state index contributed by atoms with van der Waals surface area (Å²) in [4.78, 5) is 14.1. The predicted octanol–water partition coefficient (Wildman–Crippen LogP) is 4.65. The number of nitrogens with zero attached hydrogens (tertiary/aromatic N) is 3. The molecule has 4 aromatic rings. The molecule has 1 aromatic carbocycles. The van der Waals surface area contributed by atoms with Gasteiger partial charge in [-0.2, -0.15) is 0 Å². The van der Waals surface area contributed by atoms with Crippen molar-refractivity contribution in [2.75, 3.05) is 12.4 Å². The molecule has 0 aliphatic rings. The Kier molecular flexibility index (Phi) is 3.48. The zero-order chi connectivity index (χ0) is 15.8. The molecule has 0 radical (unpaired) electrons. The number of halogens is 1. The number of pyridine rings is 1. The Morgan fingerprint density at radius 2 is 2.09 bits per heavy atom. The van der Waals surface area contributed by atoms with Gasteiger partial charge in [-0.25, -0.2) is 15.0 Å². The Balaban J connectivity index is 1.88. The van der Waals surface area contributed by atoms with Gasteiger partial charge < -0.3 is 10.1 Å². The van der Waals surface area contributed by atoms with Crippen LogP contribution in [0.4, 0.5) is 11.5 Å². The predicted molar refractivity (Wildman–Crippen MR) is 94.0 cm³/mol. The van der Waals surface area contributed by atoms with E-state index >= 15 is 0 Å². The van der Waals surface area contributed by atoms with Crippen molar-refractivity contribution < 1.29 is 4.74 Å². The summed E-state index contributed by atoms with van der Waals surface area (Å²) in [6.45, 7) is 0. The van der Waals surface area contributed by atoms with Crippen LogP contribution in [0.3, 0.4) is 0 Å². The fraction of sp³-hybridized carbons (Fsp3) is 0.0625. The van der Waals surface area contributed by atoms with Gasteiger partial charge in [-0.3, -0.25) is 0 Å². The summed E-state index contributed by atoms with van der Waals surface area (Å²) in [6, 6.07) is 9.32. The third-order valence-corrected chi connectivity index (χ3v) is 4.79. The fourth-order valence-electron chi connectivity index (χ4n) is 2.41. The third kappa shape index (κ3) is 2.46. The van der Waals surface area contributed by atoms with Crippen molar-refractivity contribution in [3.05, 3.63) is 47.9 Å². The number of nitrogens with one attached hydrogen (secondary N) is 1. The quantitative estimate of drug-likeness (QED) is 0.587. The number of fused-ring (bicyclic) bond motifs is 3. The van der Waals surface area contributed by atoms with Crippen LogP contribution in [-0.4, -0.2) is 22.1 Å². The number of anilines is 2. The Labute approximate surface area is 140 Å². The third-order valence-electron chi connectivity index (χ3n) is 3.44. The van der Waals surface area contributed by atoms with E-state index in [1.54, 1.807) is 43.1 Å². The summed E-state index contributed by atoms with van der Waals surface area (Å²) in [5.74, 6) is 1.40. The monoisotopic (exact) mass is 342 g/mol. The average Bonchev–Trinajstić information content (AvgIpc) is 2.95. The normalized spacial score (nSPS) is 11.0. The molecule has 0 saturated carbocycles. The first-order valence-corrected chi connectivity index (χ1v) is 8.04. The largest absolute Gasteiger partial charge is 0.495 e. The van der Waals surface area contributed by atoms with Gasteiger partial charge in [-0.1, -0.05) is 11.6 Å². The Morgan fingerprint density at radius 3 is 2.96 bits per heavy atom. The van der Waals surface area contributed by atoms with E-state index in [1.165, 1.54) is 0 Å². The molecule has 3 heterocycles. The molecular formula is C16H11ClN4OS. The van der Waals surface area contributed by atoms with Gasteiger partial charge >= 0.3 is 0 Å². The van der Waals surface area contributed by atoms with Crippen LogP contribution in [0.25, 0.3) is 20.4 Å². The van der Waals surface area contributed by atoms with E-state index in [1.807, 2.05) is 18.2 Å². The maximum atomic E-state index is 6.09.